The van der Waals surface area contributed by atoms with Crippen LogP contribution in [0, 0.1) is 5.92 Å². The van der Waals surface area contributed by atoms with Gasteiger partial charge in [0.15, 0.2) is 9.84 Å². The van der Waals surface area contributed by atoms with Crippen molar-refractivity contribution >= 4 is 9.84 Å². The molecule has 0 amide bonds. The van der Waals surface area contributed by atoms with Gasteiger partial charge in [-0.05, 0) is 46.5 Å². The minimum atomic E-state index is -3.01. The van der Waals surface area contributed by atoms with Gasteiger partial charge in [-0.2, -0.15) is 0 Å². The summed E-state index contributed by atoms with van der Waals surface area (Å²) in [4.78, 5) is 2.40. The minimum absolute atomic E-state index is 0.284. The molecule has 0 radical (unpaired) electrons. The van der Waals surface area contributed by atoms with Gasteiger partial charge in [0.1, 0.15) is 0 Å². The molecule has 1 heterocycles. The van der Waals surface area contributed by atoms with E-state index in [-0.39, 0.29) is 5.75 Å². The summed E-state index contributed by atoms with van der Waals surface area (Å²) < 4.78 is 23.8. The zero-order valence-corrected chi connectivity index (χ0v) is 13.5. The van der Waals surface area contributed by atoms with E-state index >= 15 is 0 Å². The van der Waals surface area contributed by atoms with Crippen LogP contribution in [0.1, 0.15) is 40.5 Å². The van der Waals surface area contributed by atoms with Crippen molar-refractivity contribution in [2.45, 2.75) is 57.4 Å². The number of piperazine rings is 1. The first-order chi connectivity index (χ1) is 8.71. The second-order valence-corrected chi connectivity index (χ2v) is 10.0. The topological polar surface area (TPSA) is 49.4 Å². The molecule has 19 heavy (non-hydrogen) atoms. The lowest BCUT2D eigenvalue weighted by molar-refractivity contribution is 0.127. The Kier molecular flexibility index (Phi) is 4.29. The van der Waals surface area contributed by atoms with Gasteiger partial charge in [-0.1, -0.05) is 0 Å². The van der Waals surface area contributed by atoms with E-state index in [2.05, 4.69) is 17.1 Å². The highest BCUT2D eigenvalue weighted by atomic mass is 32.2. The van der Waals surface area contributed by atoms with Crippen molar-refractivity contribution in [3.8, 4) is 0 Å². The number of hydrogen-bond donors (Lipinski definition) is 1. The van der Waals surface area contributed by atoms with E-state index in [9.17, 15) is 8.42 Å². The van der Waals surface area contributed by atoms with E-state index < -0.39 is 14.6 Å². The van der Waals surface area contributed by atoms with E-state index in [1.807, 2.05) is 0 Å². The Bertz CT molecular complexity index is 410. The van der Waals surface area contributed by atoms with Crippen molar-refractivity contribution in [2.24, 2.45) is 5.92 Å². The number of sulfone groups is 1. The molecule has 112 valence electrons. The van der Waals surface area contributed by atoms with Gasteiger partial charge in [0.05, 0.1) is 10.5 Å². The zero-order valence-electron chi connectivity index (χ0n) is 12.6. The average molecular weight is 288 g/mol. The van der Waals surface area contributed by atoms with Crippen molar-refractivity contribution in [1.29, 1.82) is 0 Å². The summed E-state index contributed by atoms with van der Waals surface area (Å²) >= 11 is 0. The SMILES string of the molecule is CC1CN(CCS(=O)(=O)C(C)(C)C)C(C2CC2)CN1. The van der Waals surface area contributed by atoms with Gasteiger partial charge in [-0.25, -0.2) is 8.42 Å². The van der Waals surface area contributed by atoms with Gasteiger partial charge >= 0.3 is 0 Å². The van der Waals surface area contributed by atoms with Crippen LogP contribution >= 0.6 is 0 Å². The Hall–Kier alpha value is -0.130. The fourth-order valence-corrected chi connectivity index (χ4v) is 3.84. The molecular weight excluding hydrogens is 260 g/mol. The highest BCUT2D eigenvalue weighted by molar-refractivity contribution is 7.92. The molecule has 5 heteroatoms. The summed E-state index contributed by atoms with van der Waals surface area (Å²) in [6.45, 7) is 10.2. The van der Waals surface area contributed by atoms with Crippen molar-refractivity contribution < 1.29 is 8.42 Å². The molecule has 1 aliphatic heterocycles. The predicted molar refractivity (Wildman–Crippen MR) is 79.1 cm³/mol. The molecule has 2 unspecified atom stereocenters. The molecule has 0 aromatic heterocycles. The lowest BCUT2D eigenvalue weighted by Crippen LogP contribution is -2.57. The van der Waals surface area contributed by atoms with Crippen LogP contribution in [0.3, 0.4) is 0 Å². The molecule has 1 aliphatic carbocycles. The predicted octanol–water partition coefficient (Wildman–Crippen LogP) is 1.27. The maximum Gasteiger partial charge on any atom is 0.156 e. The fourth-order valence-electron chi connectivity index (χ4n) is 2.75. The molecule has 4 nitrogen and oxygen atoms in total. The maximum absolute atomic E-state index is 12.2. The minimum Gasteiger partial charge on any atom is -0.311 e. The van der Waals surface area contributed by atoms with Crippen molar-refractivity contribution in [1.82, 2.24) is 10.2 Å². The Labute approximate surface area is 117 Å². The van der Waals surface area contributed by atoms with Crippen LogP contribution in [0.25, 0.3) is 0 Å². The van der Waals surface area contributed by atoms with Crippen LogP contribution in [0.5, 0.6) is 0 Å². The summed E-state index contributed by atoms with van der Waals surface area (Å²) in [7, 11) is -3.01. The Morgan fingerprint density at radius 3 is 2.42 bits per heavy atom. The first-order valence-corrected chi connectivity index (χ1v) is 9.05. The van der Waals surface area contributed by atoms with Gasteiger partial charge in [0.25, 0.3) is 0 Å². The van der Waals surface area contributed by atoms with Crippen LogP contribution < -0.4 is 5.32 Å². The third kappa shape index (κ3) is 3.70. The summed E-state index contributed by atoms with van der Waals surface area (Å²) in [5.74, 6) is 1.07. The molecule has 1 saturated heterocycles. The van der Waals surface area contributed by atoms with E-state index in [4.69, 9.17) is 0 Å². The van der Waals surface area contributed by atoms with E-state index in [1.54, 1.807) is 20.8 Å². The molecule has 2 aliphatic rings. The first kappa shape index (κ1) is 15.3. The third-order valence-corrected chi connectivity index (χ3v) is 6.99. The fraction of sp³-hybridized carbons (Fsp3) is 1.00. The lowest BCUT2D eigenvalue weighted by Gasteiger charge is -2.40. The maximum atomic E-state index is 12.2. The van der Waals surface area contributed by atoms with Gasteiger partial charge in [-0.3, -0.25) is 4.90 Å². The molecule has 0 spiro atoms. The van der Waals surface area contributed by atoms with Crippen LogP contribution in [-0.2, 0) is 9.84 Å². The van der Waals surface area contributed by atoms with Gasteiger partial charge in [-0.15, -0.1) is 0 Å². The first-order valence-electron chi connectivity index (χ1n) is 7.40. The monoisotopic (exact) mass is 288 g/mol. The van der Waals surface area contributed by atoms with E-state index in [1.165, 1.54) is 12.8 Å². The molecule has 2 rings (SSSR count). The molecule has 2 fully saturated rings. The second-order valence-electron chi connectivity index (χ2n) is 7.14. The van der Waals surface area contributed by atoms with Crippen molar-refractivity contribution in [3.63, 3.8) is 0 Å². The second kappa shape index (κ2) is 5.34. The number of rotatable bonds is 4. The summed E-state index contributed by atoms with van der Waals surface area (Å²) in [5.41, 5.74) is 0. The van der Waals surface area contributed by atoms with Gasteiger partial charge in [0.2, 0.25) is 0 Å². The smallest absolute Gasteiger partial charge is 0.156 e. The highest BCUT2D eigenvalue weighted by Gasteiger charge is 2.39. The lowest BCUT2D eigenvalue weighted by atomic mass is 10.1. The van der Waals surface area contributed by atoms with Crippen LogP contribution in [0.2, 0.25) is 0 Å². The molecule has 2 atom stereocenters. The number of nitrogens with zero attached hydrogens (tertiary/aromatic N) is 1. The van der Waals surface area contributed by atoms with Crippen molar-refractivity contribution in [2.75, 3.05) is 25.4 Å². The highest BCUT2D eigenvalue weighted by Crippen LogP contribution is 2.36. The van der Waals surface area contributed by atoms with Gasteiger partial charge in [0, 0.05) is 31.7 Å². The molecule has 1 N–H and O–H groups in total. The average Bonchev–Trinajstić information content (AvgIpc) is 3.09. The summed E-state index contributed by atoms with van der Waals surface area (Å²) in [6, 6.07) is 1.01. The normalized spacial score (nSPS) is 30.5. The van der Waals surface area contributed by atoms with E-state index in [0.717, 1.165) is 19.0 Å². The number of nitrogens with one attached hydrogen (secondary N) is 1. The largest absolute Gasteiger partial charge is 0.311 e. The Morgan fingerprint density at radius 2 is 1.89 bits per heavy atom. The van der Waals surface area contributed by atoms with Crippen molar-refractivity contribution in [3.05, 3.63) is 0 Å². The molecule has 0 aromatic carbocycles. The third-order valence-electron chi connectivity index (χ3n) is 4.40. The van der Waals surface area contributed by atoms with Crippen LogP contribution in [-0.4, -0.2) is 55.5 Å². The molecule has 1 saturated carbocycles. The Balaban J connectivity index is 1.96. The standard InChI is InChI=1S/C14H28N2O2S/c1-11-10-16(13(9-15-11)12-5-6-12)7-8-19(17,18)14(2,3)4/h11-13,15H,5-10H2,1-4H3. The van der Waals surface area contributed by atoms with E-state index in [0.29, 0.717) is 18.6 Å². The zero-order chi connectivity index (χ0) is 14.3. The van der Waals surface area contributed by atoms with Crippen LogP contribution in [0.15, 0.2) is 0 Å². The number of hydrogen-bond acceptors (Lipinski definition) is 4. The van der Waals surface area contributed by atoms with Gasteiger partial charge < -0.3 is 5.32 Å². The molecular formula is C14H28N2O2S. The molecule has 0 bridgehead atoms. The quantitative estimate of drug-likeness (QED) is 0.846. The summed E-state index contributed by atoms with van der Waals surface area (Å²) in [5, 5.41) is 3.52. The van der Waals surface area contributed by atoms with Crippen LogP contribution in [0.4, 0.5) is 0 Å². The Morgan fingerprint density at radius 1 is 1.26 bits per heavy atom. The summed E-state index contributed by atoms with van der Waals surface area (Å²) in [6.07, 6.45) is 2.62. The molecule has 0 aromatic rings.